The molecule has 3 rings (SSSR count). The van der Waals surface area contributed by atoms with Gasteiger partial charge >= 0.3 is 0 Å². The minimum atomic E-state index is 0.580. The Morgan fingerprint density at radius 3 is 3.00 bits per heavy atom. The zero-order chi connectivity index (χ0) is 11.8. The monoisotopic (exact) mass is 241 g/mol. The first-order valence-corrected chi connectivity index (χ1v) is 5.77. The molecular formula is C11H7N5S. The van der Waals surface area contributed by atoms with E-state index in [2.05, 4.69) is 21.3 Å². The molecule has 0 saturated carbocycles. The van der Waals surface area contributed by atoms with Gasteiger partial charge in [0.2, 0.25) is 0 Å². The van der Waals surface area contributed by atoms with Crippen LogP contribution in [0.2, 0.25) is 0 Å². The van der Waals surface area contributed by atoms with E-state index in [4.69, 9.17) is 5.26 Å². The summed E-state index contributed by atoms with van der Waals surface area (Å²) in [4.78, 5) is 5.17. The van der Waals surface area contributed by atoms with Crippen LogP contribution in [0.5, 0.6) is 0 Å². The van der Waals surface area contributed by atoms with E-state index in [1.165, 1.54) is 0 Å². The van der Waals surface area contributed by atoms with E-state index >= 15 is 0 Å². The molecule has 0 amide bonds. The Morgan fingerprint density at radius 2 is 2.29 bits per heavy atom. The lowest BCUT2D eigenvalue weighted by atomic mass is 10.3. The molecule has 0 unspecified atom stereocenters. The number of rotatable bonds is 1. The maximum Gasteiger partial charge on any atom is 0.180 e. The van der Waals surface area contributed by atoms with Crippen molar-refractivity contribution in [3.8, 4) is 16.8 Å². The fourth-order valence-electron chi connectivity index (χ4n) is 1.59. The predicted octanol–water partition coefficient (Wildman–Crippen LogP) is 2.03. The van der Waals surface area contributed by atoms with Crippen molar-refractivity contribution >= 4 is 17.0 Å². The minimum Gasteiger partial charge on any atom is -0.282 e. The zero-order valence-electron chi connectivity index (χ0n) is 8.95. The Kier molecular flexibility index (Phi) is 2.13. The molecule has 0 saturated heterocycles. The molecule has 3 heterocycles. The van der Waals surface area contributed by atoms with Crippen LogP contribution in [-0.2, 0) is 0 Å². The molecule has 0 aromatic carbocycles. The number of thiazole rings is 1. The summed E-state index contributed by atoms with van der Waals surface area (Å²) in [5.74, 6) is 0.759. The highest BCUT2D eigenvalue weighted by molar-refractivity contribution is 7.14. The molecule has 0 N–H and O–H groups in total. The van der Waals surface area contributed by atoms with Crippen molar-refractivity contribution in [1.29, 1.82) is 5.26 Å². The third-order valence-electron chi connectivity index (χ3n) is 2.38. The second-order valence-corrected chi connectivity index (χ2v) is 4.76. The summed E-state index contributed by atoms with van der Waals surface area (Å²) in [5, 5.41) is 18.0. The van der Waals surface area contributed by atoms with Gasteiger partial charge in [0.05, 0.1) is 21.5 Å². The fourth-order valence-corrected chi connectivity index (χ4v) is 2.35. The molecule has 82 valence electrons. The lowest BCUT2D eigenvalue weighted by molar-refractivity contribution is 1.11. The smallest absolute Gasteiger partial charge is 0.180 e. The molecule has 3 aromatic heterocycles. The molecule has 0 aliphatic heterocycles. The Balaban J connectivity index is 2.22. The standard InChI is InChI=1S/C11H7N5S/c1-7-13-6-9(17-7)11-15-14-10-4-8(5-12)2-3-16(10)11/h2-4,6H,1H3. The molecule has 0 aliphatic rings. The number of hydrogen-bond acceptors (Lipinski definition) is 5. The van der Waals surface area contributed by atoms with Crippen LogP contribution in [0.4, 0.5) is 0 Å². The van der Waals surface area contributed by atoms with Crippen LogP contribution >= 0.6 is 11.3 Å². The fraction of sp³-hybridized carbons (Fsp3) is 0.0909. The highest BCUT2D eigenvalue weighted by atomic mass is 32.1. The largest absolute Gasteiger partial charge is 0.282 e. The van der Waals surface area contributed by atoms with Crippen molar-refractivity contribution in [2.24, 2.45) is 0 Å². The van der Waals surface area contributed by atoms with Crippen molar-refractivity contribution in [3.63, 3.8) is 0 Å². The number of aryl methyl sites for hydroxylation is 1. The number of aromatic nitrogens is 4. The summed E-state index contributed by atoms with van der Waals surface area (Å²) in [5.41, 5.74) is 1.25. The Morgan fingerprint density at radius 1 is 1.41 bits per heavy atom. The van der Waals surface area contributed by atoms with Crippen LogP contribution in [0.15, 0.2) is 24.5 Å². The number of hydrogen-bond donors (Lipinski definition) is 0. The van der Waals surface area contributed by atoms with E-state index < -0.39 is 0 Å². The molecule has 0 atom stereocenters. The van der Waals surface area contributed by atoms with Crippen molar-refractivity contribution in [3.05, 3.63) is 35.1 Å². The average molecular weight is 241 g/mol. The van der Waals surface area contributed by atoms with Gasteiger partial charge < -0.3 is 0 Å². The first-order chi connectivity index (χ1) is 8.28. The van der Waals surface area contributed by atoms with Gasteiger partial charge in [-0.2, -0.15) is 5.26 Å². The van der Waals surface area contributed by atoms with Crippen LogP contribution in [0.3, 0.4) is 0 Å². The first kappa shape index (κ1) is 9.93. The maximum absolute atomic E-state index is 8.81. The molecule has 3 aromatic rings. The topological polar surface area (TPSA) is 66.9 Å². The molecule has 0 fully saturated rings. The van der Waals surface area contributed by atoms with E-state index in [0.29, 0.717) is 11.2 Å². The molecule has 5 nitrogen and oxygen atoms in total. The lowest BCUT2D eigenvalue weighted by Gasteiger charge is -1.95. The van der Waals surface area contributed by atoms with E-state index in [9.17, 15) is 0 Å². The van der Waals surface area contributed by atoms with E-state index in [1.54, 1.807) is 35.9 Å². The molecule has 0 radical (unpaired) electrons. The summed E-state index contributed by atoms with van der Waals surface area (Å²) < 4.78 is 1.85. The summed E-state index contributed by atoms with van der Waals surface area (Å²) in [6.45, 7) is 1.95. The number of nitriles is 1. The van der Waals surface area contributed by atoms with E-state index in [1.807, 2.05) is 11.3 Å². The highest BCUT2D eigenvalue weighted by Gasteiger charge is 2.10. The number of fused-ring (bicyclic) bond motifs is 1. The maximum atomic E-state index is 8.81. The summed E-state index contributed by atoms with van der Waals surface area (Å²) in [6, 6.07) is 5.54. The first-order valence-electron chi connectivity index (χ1n) is 4.95. The van der Waals surface area contributed by atoms with E-state index in [-0.39, 0.29) is 0 Å². The predicted molar refractivity (Wildman–Crippen MR) is 63.5 cm³/mol. The van der Waals surface area contributed by atoms with Crippen molar-refractivity contribution in [2.75, 3.05) is 0 Å². The normalized spacial score (nSPS) is 10.6. The molecular weight excluding hydrogens is 234 g/mol. The van der Waals surface area contributed by atoms with E-state index in [0.717, 1.165) is 15.7 Å². The van der Waals surface area contributed by atoms with Crippen molar-refractivity contribution in [2.45, 2.75) is 6.92 Å². The summed E-state index contributed by atoms with van der Waals surface area (Å²) in [7, 11) is 0. The molecule has 0 bridgehead atoms. The summed E-state index contributed by atoms with van der Waals surface area (Å²) in [6.07, 6.45) is 3.59. The van der Waals surface area contributed by atoms with Crippen molar-refractivity contribution in [1.82, 2.24) is 19.6 Å². The third kappa shape index (κ3) is 1.57. The van der Waals surface area contributed by atoms with Crippen molar-refractivity contribution < 1.29 is 0 Å². The second kappa shape index (κ2) is 3.64. The van der Waals surface area contributed by atoms with Gasteiger partial charge in [0, 0.05) is 18.5 Å². The molecule has 0 aliphatic carbocycles. The summed E-state index contributed by atoms with van der Waals surface area (Å²) >= 11 is 1.57. The Hall–Kier alpha value is -2.26. The van der Waals surface area contributed by atoms with Gasteiger partial charge in [0.1, 0.15) is 0 Å². The molecule has 17 heavy (non-hydrogen) atoms. The van der Waals surface area contributed by atoms with Gasteiger partial charge in [-0.05, 0) is 13.0 Å². The number of pyridine rings is 1. The Bertz CT molecular complexity index is 734. The van der Waals surface area contributed by atoms with Gasteiger partial charge in [-0.3, -0.25) is 4.40 Å². The average Bonchev–Trinajstić information content (AvgIpc) is 2.93. The second-order valence-electron chi connectivity index (χ2n) is 3.52. The third-order valence-corrected chi connectivity index (χ3v) is 3.29. The highest BCUT2D eigenvalue weighted by Crippen LogP contribution is 2.24. The Labute approximate surface area is 101 Å². The molecule has 0 spiro atoms. The van der Waals surface area contributed by atoms with Gasteiger partial charge in [0.15, 0.2) is 11.5 Å². The van der Waals surface area contributed by atoms with Crippen LogP contribution < -0.4 is 0 Å². The lowest BCUT2D eigenvalue weighted by Crippen LogP contribution is -1.87. The quantitative estimate of drug-likeness (QED) is 0.653. The SMILES string of the molecule is Cc1ncc(-c2nnc3cc(C#N)ccn23)s1. The van der Waals surface area contributed by atoms with Crippen LogP contribution in [-0.4, -0.2) is 19.6 Å². The van der Waals surface area contributed by atoms with Crippen LogP contribution in [0.1, 0.15) is 10.6 Å². The van der Waals surface area contributed by atoms with Gasteiger partial charge in [-0.15, -0.1) is 21.5 Å². The van der Waals surface area contributed by atoms with Crippen LogP contribution in [0.25, 0.3) is 16.3 Å². The van der Waals surface area contributed by atoms with Crippen LogP contribution in [0, 0.1) is 18.3 Å². The number of nitrogens with zero attached hydrogens (tertiary/aromatic N) is 5. The zero-order valence-corrected chi connectivity index (χ0v) is 9.77. The molecule has 6 heteroatoms. The van der Waals surface area contributed by atoms with Gasteiger partial charge in [-0.25, -0.2) is 4.98 Å². The van der Waals surface area contributed by atoms with Gasteiger partial charge in [0.25, 0.3) is 0 Å². The minimum absolute atomic E-state index is 0.580. The van der Waals surface area contributed by atoms with Gasteiger partial charge in [-0.1, -0.05) is 0 Å².